The zero-order valence-corrected chi connectivity index (χ0v) is 16.1. The van der Waals surface area contributed by atoms with Crippen molar-refractivity contribution >= 4 is 11.1 Å². The second-order valence-corrected chi connectivity index (χ2v) is 6.36. The van der Waals surface area contributed by atoms with Crippen LogP contribution in [0.25, 0.3) is 22.6 Å². The predicted molar refractivity (Wildman–Crippen MR) is 108 cm³/mol. The zero-order chi connectivity index (χ0) is 19.5. The topological polar surface area (TPSA) is 53.7 Å². The van der Waals surface area contributed by atoms with E-state index in [9.17, 15) is 0 Å². The first-order chi connectivity index (χ1) is 13.7. The third kappa shape index (κ3) is 3.27. The van der Waals surface area contributed by atoms with Crippen molar-refractivity contribution in [3.8, 4) is 28.7 Å². The predicted octanol–water partition coefficient (Wildman–Crippen LogP) is 5.11. The first-order valence-corrected chi connectivity index (χ1v) is 8.96. The fourth-order valence-corrected chi connectivity index (χ4v) is 3.29. The zero-order valence-electron chi connectivity index (χ0n) is 16.1. The molecule has 5 heteroatoms. The second kappa shape index (κ2) is 7.64. The third-order valence-corrected chi connectivity index (χ3v) is 4.65. The van der Waals surface area contributed by atoms with Gasteiger partial charge in [-0.2, -0.15) is 0 Å². The molecule has 0 bridgehead atoms. The lowest BCUT2D eigenvalue weighted by atomic mass is 10.0. The number of para-hydroxylation sites is 1. The molecule has 1 aromatic heterocycles. The van der Waals surface area contributed by atoms with E-state index in [1.165, 1.54) is 5.56 Å². The van der Waals surface area contributed by atoms with Crippen molar-refractivity contribution in [3.05, 3.63) is 71.8 Å². The molecule has 1 heterocycles. The highest BCUT2D eigenvalue weighted by molar-refractivity contribution is 5.80. The lowest BCUT2D eigenvalue weighted by Gasteiger charge is -2.12. The Bertz CT molecular complexity index is 1080. The van der Waals surface area contributed by atoms with Gasteiger partial charge in [0.1, 0.15) is 5.52 Å². The van der Waals surface area contributed by atoms with Gasteiger partial charge in [-0.15, -0.1) is 0 Å². The summed E-state index contributed by atoms with van der Waals surface area (Å²) < 4.78 is 22.4. The largest absolute Gasteiger partial charge is 0.493 e. The number of benzene rings is 3. The van der Waals surface area contributed by atoms with Crippen molar-refractivity contribution in [2.45, 2.75) is 6.42 Å². The van der Waals surface area contributed by atoms with Gasteiger partial charge in [-0.05, 0) is 23.8 Å². The molecule has 3 aromatic carbocycles. The van der Waals surface area contributed by atoms with Gasteiger partial charge in [0, 0.05) is 17.5 Å². The van der Waals surface area contributed by atoms with Crippen LogP contribution >= 0.6 is 0 Å². The summed E-state index contributed by atoms with van der Waals surface area (Å²) in [6.07, 6.45) is 0.780. The van der Waals surface area contributed by atoms with E-state index in [0.717, 1.165) is 28.6 Å². The Labute approximate surface area is 163 Å². The average molecular weight is 375 g/mol. The van der Waals surface area contributed by atoms with Gasteiger partial charge in [-0.1, -0.05) is 42.5 Å². The van der Waals surface area contributed by atoms with Crippen molar-refractivity contribution in [3.63, 3.8) is 0 Å². The normalized spacial score (nSPS) is 10.8. The average Bonchev–Trinajstić information content (AvgIpc) is 3.19. The molecule has 0 aliphatic heterocycles. The lowest BCUT2D eigenvalue weighted by molar-refractivity contribution is 0.324. The number of hydrogen-bond donors (Lipinski definition) is 0. The van der Waals surface area contributed by atoms with Crippen molar-refractivity contribution in [1.29, 1.82) is 0 Å². The maximum atomic E-state index is 6.17. The number of ether oxygens (including phenoxy) is 3. The molecular formula is C23H21NO4. The van der Waals surface area contributed by atoms with Crippen LogP contribution in [-0.2, 0) is 6.42 Å². The molecule has 0 aliphatic carbocycles. The van der Waals surface area contributed by atoms with Crippen LogP contribution in [0.15, 0.2) is 65.1 Å². The van der Waals surface area contributed by atoms with E-state index in [4.69, 9.17) is 18.6 Å². The van der Waals surface area contributed by atoms with Crippen LogP contribution in [0.4, 0.5) is 0 Å². The van der Waals surface area contributed by atoms with E-state index in [1.54, 1.807) is 21.3 Å². The minimum absolute atomic E-state index is 0.509. The van der Waals surface area contributed by atoms with Gasteiger partial charge >= 0.3 is 0 Å². The lowest BCUT2D eigenvalue weighted by Crippen LogP contribution is -1.95. The Hall–Kier alpha value is -3.47. The Morgan fingerprint density at radius 3 is 2.18 bits per heavy atom. The standard InChI is InChI=1S/C23H21NO4/c1-25-19-13-17(14-20(26-2)22(19)27-3)23-24-18-11-7-10-16(21(18)28-23)12-15-8-5-4-6-9-15/h4-11,13-14H,12H2,1-3H3. The van der Waals surface area contributed by atoms with Gasteiger partial charge in [0.05, 0.1) is 21.3 Å². The van der Waals surface area contributed by atoms with E-state index >= 15 is 0 Å². The van der Waals surface area contributed by atoms with E-state index in [-0.39, 0.29) is 0 Å². The van der Waals surface area contributed by atoms with Crippen LogP contribution in [0, 0.1) is 0 Å². The van der Waals surface area contributed by atoms with E-state index < -0.39 is 0 Å². The number of hydrogen-bond acceptors (Lipinski definition) is 5. The Kier molecular flexibility index (Phi) is 4.89. The Balaban J connectivity index is 1.79. The molecule has 4 aromatic rings. The summed E-state index contributed by atoms with van der Waals surface area (Å²) in [5, 5.41) is 0. The summed E-state index contributed by atoms with van der Waals surface area (Å²) in [5.41, 5.74) is 4.68. The van der Waals surface area contributed by atoms with Crippen molar-refractivity contribution in [1.82, 2.24) is 4.98 Å². The molecule has 0 fully saturated rings. The number of oxazole rings is 1. The molecule has 0 atom stereocenters. The van der Waals surface area contributed by atoms with Crippen LogP contribution in [-0.4, -0.2) is 26.3 Å². The van der Waals surface area contributed by atoms with Crippen molar-refractivity contribution in [2.24, 2.45) is 0 Å². The molecule has 0 amide bonds. The van der Waals surface area contributed by atoms with Crippen LogP contribution in [0.3, 0.4) is 0 Å². The van der Waals surface area contributed by atoms with Crippen molar-refractivity contribution < 1.29 is 18.6 Å². The molecule has 0 unspecified atom stereocenters. The molecule has 0 spiro atoms. The van der Waals surface area contributed by atoms with Gasteiger partial charge in [-0.3, -0.25) is 0 Å². The highest BCUT2D eigenvalue weighted by atomic mass is 16.5. The first kappa shape index (κ1) is 17.9. The fraction of sp³-hybridized carbons (Fsp3) is 0.174. The molecule has 28 heavy (non-hydrogen) atoms. The molecular weight excluding hydrogens is 354 g/mol. The van der Waals surface area contributed by atoms with Gasteiger partial charge in [0.2, 0.25) is 11.6 Å². The van der Waals surface area contributed by atoms with Crippen LogP contribution in [0.5, 0.6) is 17.2 Å². The molecule has 4 rings (SSSR count). The summed E-state index contributed by atoms with van der Waals surface area (Å²) in [4.78, 5) is 4.67. The van der Waals surface area contributed by atoms with Crippen molar-refractivity contribution in [2.75, 3.05) is 21.3 Å². The molecule has 0 saturated heterocycles. The molecule has 0 saturated carbocycles. The first-order valence-electron chi connectivity index (χ1n) is 8.96. The number of nitrogens with zero attached hydrogens (tertiary/aromatic N) is 1. The Morgan fingerprint density at radius 2 is 1.54 bits per heavy atom. The molecule has 5 nitrogen and oxygen atoms in total. The molecule has 0 aliphatic rings. The van der Waals surface area contributed by atoms with Gasteiger partial charge in [-0.25, -0.2) is 4.98 Å². The number of aromatic nitrogens is 1. The highest BCUT2D eigenvalue weighted by Crippen LogP contribution is 2.41. The van der Waals surface area contributed by atoms with Gasteiger partial charge in [0.15, 0.2) is 17.1 Å². The van der Waals surface area contributed by atoms with Crippen LogP contribution < -0.4 is 14.2 Å². The summed E-state index contributed by atoms with van der Waals surface area (Å²) in [6, 6.07) is 20.0. The smallest absolute Gasteiger partial charge is 0.227 e. The summed E-state index contributed by atoms with van der Waals surface area (Å²) in [7, 11) is 4.76. The minimum Gasteiger partial charge on any atom is -0.493 e. The number of methoxy groups -OCH3 is 3. The molecule has 0 N–H and O–H groups in total. The Morgan fingerprint density at radius 1 is 0.821 bits per heavy atom. The van der Waals surface area contributed by atoms with Gasteiger partial charge in [0.25, 0.3) is 0 Å². The summed E-state index contributed by atoms with van der Waals surface area (Å²) in [5.74, 6) is 2.16. The number of rotatable bonds is 6. The summed E-state index contributed by atoms with van der Waals surface area (Å²) >= 11 is 0. The van der Waals surface area contributed by atoms with Gasteiger partial charge < -0.3 is 18.6 Å². The van der Waals surface area contributed by atoms with E-state index in [0.29, 0.717) is 23.1 Å². The van der Waals surface area contributed by atoms with E-state index in [2.05, 4.69) is 23.2 Å². The quantitative estimate of drug-likeness (QED) is 0.469. The fourth-order valence-electron chi connectivity index (χ4n) is 3.29. The maximum Gasteiger partial charge on any atom is 0.227 e. The maximum absolute atomic E-state index is 6.17. The van der Waals surface area contributed by atoms with E-state index in [1.807, 2.05) is 42.5 Å². The van der Waals surface area contributed by atoms with Crippen LogP contribution in [0.2, 0.25) is 0 Å². The highest BCUT2D eigenvalue weighted by Gasteiger charge is 2.18. The molecule has 142 valence electrons. The second-order valence-electron chi connectivity index (χ2n) is 6.36. The SMILES string of the molecule is COc1cc(-c2nc3cccc(Cc4ccccc4)c3o2)cc(OC)c1OC. The van der Waals surface area contributed by atoms with Crippen LogP contribution in [0.1, 0.15) is 11.1 Å². The third-order valence-electron chi connectivity index (χ3n) is 4.65. The molecule has 0 radical (unpaired) electrons. The summed E-state index contributed by atoms with van der Waals surface area (Å²) in [6.45, 7) is 0. The number of fused-ring (bicyclic) bond motifs is 1. The minimum atomic E-state index is 0.509. The monoisotopic (exact) mass is 375 g/mol.